The highest BCUT2D eigenvalue weighted by molar-refractivity contribution is 5.74. The molecular formula is C21H32N4O2. The van der Waals surface area contributed by atoms with Crippen LogP contribution in [0.3, 0.4) is 0 Å². The first-order chi connectivity index (χ1) is 13.0. The molecule has 0 aliphatic carbocycles. The van der Waals surface area contributed by atoms with Crippen molar-refractivity contribution in [2.45, 2.75) is 50.7 Å². The molecule has 6 nitrogen and oxygen atoms in total. The number of aromatic nitrogens is 1. The maximum atomic E-state index is 11.5. The molecule has 1 aromatic heterocycles. The maximum absolute atomic E-state index is 11.5. The van der Waals surface area contributed by atoms with Gasteiger partial charge in [0.15, 0.2) is 0 Å². The average molecular weight is 373 g/mol. The zero-order chi connectivity index (χ0) is 18.9. The van der Waals surface area contributed by atoms with Crippen LogP contribution in [0.1, 0.15) is 37.8 Å². The summed E-state index contributed by atoms with van der Waals surface area (Å²) < 4.78 is 0. The molecule has 1 atom stereocenters. The number of piperidine rings is 2. The Labute approximate surface area is 162 Å². The molecular weight excluding hydrogens is 340 g/mol. The summed E-state index contributed by atoms with van der Waals surface area (Å²) in [5.74, 6) is -0.655. The fourth-order valence-electron chi connectivity index (χ4n) is 5.43. The molecule has 27 heavy (non-hydrogen) atoms. The molecule has 0 radical (unpaired) electrons. The summed E-state index contributed by atoms with van der Waals surface area (Å²) in [5.41, 5.74) is 1.39. The summed E-state index contributed by atoms with van der Waals surface area (Å²) in [4.78, 5) is 23.1. The molecule has 1 aromatic rings. The van der Waals surface area contributed by atoms with E-state index in [2.05, 4.69) is 26.9 Å². The predicted molar refractivity (Wildman–Crippen MR) is 104 cm³/mol. The Morgan fingerprint density at radius 2 is 1.96 bits per heavy atom. The molecule has 0 bridgehead atoms. The molecule has 4 heterocycles. The molecule has 1 N–H and O–H groups in total. The summed E-state index contributed by atoms with van der Waals surface area (Å²) in [7, 11) is 1.97. The van der Waals surface area contributed by atoms with E-state index in [-0.39, 0.29) is 11.5 Å². The largest absolute Gasteiger partial charge is 0.480 e. The lowest BCUT2D eigenvalue weighted by Crippen LogP contribution is -2.50. The SMILES string of the molecule is CN1CC2(CCN(C3CCN(Cc4ccccn4)CC3)CC2)C[C@@H]1C(=O)O. The van der Waals surface area contributed by atoms with E-state index in [9.17, 15) is 9.90 Å². The van der Waals surface area contributed by atoms with Crippen LogP contribution in [0.5, 0.6) is 0 Å². The van der Waals surface area contributed by atoms with Crippen molar-refractivity contribution in [1.82, 2.24) is 19.7 Å². The van der Waals surface area contributed by atoms with Gasteiger partial charge in [0.2, 0.25) is 0 Å². The first-order valence-corrected chi connectivity index (χ1v) is 10.3. The molecule has 6 heteroatoms. The standard InChI is InChI=1S/C21H32N4O2/c1-23-16-21(14-19(23)20(26)27)7-12-25(13-8-21)18-5-10-24(11-6-18)15-17-4-2-3-9-22-17/h2-4,9,18-19H,5-8,10-16H2,1H3,(H,26,27)/t19-/m1/s1. The number of hydrogen-bond acceptors (Lipinski definition) is 5. The van der Waals surface area contributed by atoms with E-state index in [1.54, 1.807) is 0 Å². The van der Waals surface area contributed by atoms with E-state index in [0.717, 1.165) is 64.2 Å². The van der Waals surface area contributed by atoms with Crippen LogP contribution in [-0.4, -0.2) is 82.6 Å². The van der Waals surface area contributed by atoms with Crippen molar-refractivity contribution in [2.75, 3.05) is 39.8 Å². The van der Waals surface area contributed by atoms with Gasteiger partial charge >= 0.3 is 5.97 Å². The van der Waals surface area contributed by atoms with E-state index in [4.69, 9.17) is 0 Å². The van der Waals surface area contributed by atoms with Gasteiger partial charge in [-0.15, -0.1) is 0 Å². The Bertz CT molecular complexity index is 637. The topological polar surface area (TPSA) is 59.9 Å². The molecule has 1 spiro atoms. The monoisotopic (exact) mass is 372 g/mol. The quantitative estimate of drug-likeness (QED) is 0.871. The molecule has 0 aromatic carbocycles. The fraction of sp³-hybridized carbons (Fsp3) is 0.714. The van der Waals surface area contributed by atoms with Crippen LogP contribution in [-0.2, 0) is 11.3 Å². The smallest absolute Gasteiger partial charge is 0.320 e. The second-order valence-electron chi connectivity index (χ2n) is 8.84. The Morgan fingerprint density at radius 1 is 1.22 bits per heavy atom. The molecule has 3 aliphatic heterocycles. The molecule has 3 fully saturated rings. The van der Waals surface area contributed by atoms with E-state index in [0.29, 0.717) is 6.04 Å². The van der Waals surface area contributed by atoms with Crippen molar-refractivity contribution >= 4 is 5.97 Å². The first-order valence-electron chi connectivity index (χ1n) is 10.3. The normalized spacial score (nSPS) is 28.0. The number of carboxylic acid groups (broad SMARTS) is 1. The highest BCUT2D eigenvalue weighted by Crippen LogP contribution is 2.43. The average Bonchev–Trinajstić information content (AvgIpc) is 3.00. The second kappa shape index (κ2) is 7.86. The van der Waals surface area contributed by atoms with Gasteiger partial charge in [-0.2, -0.15) is 0 Å². The number of nitrogens with zero attached hydrogens (tertiary/aromatic N) is 4. The molecule has 3 saturated heterocycles. The van der Waals surface area contributed by atoms with E-state index < -0.39 is 5.97 Å². The van der Waals surface area contributed by atoms with Gasteiger partial charge in [-0.1, -0.05) is 6.07 Å². The van der Waals surface area contributed by atoms with Crippen LogP contribution >= 0.6 is 0 Å². The second-order valence-corrected chi connectivity index (χ2v) is 8.84. The number of hydrogen-bond donors (Lipinski definition) is 1. The van der Waals surface area contributed by atoms with Crippen molar-refractivity contribution in [1.29, 1.82) is 0 Å². The van der Waals surface area contributed by atoms with Crippen molar-refractivity contribution in [3.63, 3.8) is 0 Å². The number of aliphatic carboxylic acids is 1. The van der Waals surface area contributed by atoms with Gasteiger partial charge in [-0.3, -0.25) is 19.6 Å². The number of carbonyl (C=O) groups is 1. The van der Waals surface area contributed by atoms with Gasteiger partial charge in [0, 0.05) is 38.4 Å². The summed E-state index contributed by atoms with van der Waals surface area (Å²) in [5, 5.41) is 9.42. The Hall–Kier alpha value is -1.50. The zero-order valence-electron chi connectivity index (χ0n) is 16.4. The summed E-state index contributed by atoms with van der Waals surface area (Å²) >= 11 is 0. The van der Waals surface area contributed by atoms with E-state index in [1.165, 1.54) is 12.8 Å². The molecule has 4 rings (SSSR count). The number of carboxylic acids is 1. The minimum atomic E-state index is -0.655. The summed E-state index contributed by atoms with van der Waals surface area (Å²) in [6.45, 7) is 6.45. The van der Waals surface area contributed by atoms with Crippen molar-refractivity contribution < 1.29 is 9.90 Å². The van der Waals surface area contributed by atoms with Gasteiger partial charge < -0.3 is 10.0 Å². The lowest BCUT2D eigenvalue weighted by Gasteiger charge is -2.45. The fourth-order valence-corrected chi connectivity index (χ4v) is 5.43. The molecule has 148 valence electrons. The Morgan fingerprint density at radius 3 is 2.56 bits per heavy atom. The van der Waals surface area contributed by atoms with Gasteiger partial charge in [0.25, 0.3) is 0 Å². The zero-order valence-corrected chi connectivity index (χ0v) is 16.4. The lowest BCUT2D eigenvalue weighted by atomic mass is 9.76. The highest BCUT2D eigenvalue weighted by atomic mass is 16.4. The summed E-state index contributed by atoms with van der Waals surface area (Å²) in [6, 6.07) is 6.55. The van der Waals surface area contributed by atoms with Crippen LogP contribution < -0.4 is 0 Å². The highest BCUT2D eigenvalue weighted by Gasteiger charge is 2.47. The van der Waals surface area contributed by atoms with E-state index in [1.807, 2.05) is 24.2 Å². The minimum absolute atomic E-state index is 0.230. The maximum Gasteiger partial charge on any atom is 0.320 e. The Kier molecular flexibility index (Phi) is 5.48. The van der Waals surface area contributed by atoms with E-state index >= 15 is 0 Å². The van der Waals surface area contributed by atoms with Crippen molar-refractivity contribution in [3.05, 3.63) is 30.1 Å². The van der Waals surface area contributed by atoms with Gasteiger partial charge in [-0.05, 0) is 69.8 Å². The van der Waals surface area contributed by atoms with Crippen LogP contribution in [0.4, 0.5) is 0 Å². The van der Waals surface area contributed by atoms with Crippen LogP contribution in [0, 0.1) is 5.41 Å². The van der Waals surface area contributed by atoms with Crippen LogP contribution in [0.25, 0.3) is 0 Å². The number of rotatable bonds is 4. The minimum Gasteiger partial charge on any atom is -0.480 e. The third kappa shape index (κ3) is 4.18. The number of likely N-dealkylation sites (tertiary alicyclic amines) is 3. The van der Waals surface area contributed by atoms with Gasteiger partial charge in [0.05, 0.1) is 5.69 Å². The van der Waals surface area contributed by atoms with Gasteiger partial charge in [-0.25, -0.2) is 0 Å². The predicted octanol–water partition coefficient (Wildman–Crippen LogP) is 1.92. The molecule has 3 aliphatic rings. The third-order valence-corrected chi connectivity index (χ3v) is 7.07. The third-order valence-electron chi connectivity index (χ3n) is 7.07. The van der Waals surface area contributed by atoms with Crippen molar-refractivity contribution in [2.24, 2.45) is 5.41 Å². The van der Waals surface area contributed by atoms with Crippen molar-refractivity contribution in [3.8, 4) is 0 Å². The van der Waals surface area contributed by atoms with Crippen LogP contribution in [0.15, 0.2) is 24.4 Å². The molecule has 0 saturated carbocycles. The lowest BCUT2D eigenvalue weighted by molar-refractivity contribution is -0.141. The molecule has 0 unspecified atom stereocenters. The summed E-state index contributed by atoms with van der Waals surface area (Å²) in [6.07, 6.45) is 7.47. The first kappa shape index (κ1) is 18.8. The number of pyridine rings is 1. The van der Waals surface area contributed by atoms with Crippen LogP contribution in [0.2, 0.25) is 0 Å². The van der Waals surface area contributed by atoms with Gasteiger partial charge in [0.1, 0.15) is 6.04 Å². The Balaban J connectivity index is 1.25. The molecule has 0 amide bonds. The number of likely N-dealkylation sites (N-methyl/N-ethyl adjacent to an activating group) is 1.